The van der Waals surface area contributed by atoms with Gasteiger partial charge in [0.1, 0.15) is 0 Å². The Morgan fingerprint density at radius 1 is 1.28 bits per heavy atom. The first-order chi connectivity index (χ1) is 11.7. The van der Waals surface area contributed by atoms with Crippen molar-refractivity contribution in [2.45, 2.75) is 37.5 Å². The van der Waals surface area contributed by atoms with Crippen LogP contribution in [0.4, 0.5) is 0 Å². The van der Waals surface area contributed by atoms with Crippen LogP contribution in [0.5, 0.6) is 0 Å². The summed E-state index contributed by atoms with van der Waals surface area (Å²) in [6.07, 6.45) is 6.10. The first kappa shape index (κ1) is 20.0. The van der Waals surface area contributed by atoms with Crippen LogP contribution in [0.2, 0.25) is 0 Å². The molecule has 0 saturated carbocycles. The van der Waals surface area contributed by atoms with E-state index in [2.05, 4.69) is 44.8 Å². The van der Waals surface area contributed by atoms with E-state index in [0.29, 0.717) is 0 Å². The van der Waals surface area contributed by atoms with E-state index in [1.165, 1.54) is 36.8 Å². The zero-order valence-corrected chi connectivity index (χ0v) is 17.5. The van der Waals surface area contributed by atoms with Crippen LogP contribution in [0.3, 0.4) is 0 Å². The Balaban J connectivity index is 0.00000225. The summed E-state index contributed by atoms with van der Waals surface area (Å²) in [6.45, 7) is 2.25. The van der Waals surface area contributed by atoms with Gasteiger partial charge < -0.3 is 15.5 Å². The number of fused-ring (bicyclic) bond motifs is 2. The Bertz CT molecular complexity index is 634. The van der Waals surface area contributed by atoms with Crippen LogP contribution in [0, 0.1) is 0 Å². The first-order valence-corrected chi connectivity index (χ1v) is 8.93. The molecular weight excluding hydrogens is 427 g/mol. The molecule has 0 bridgehead atoms. The molecule has 2 aliphatic rings. The number of guanidine groups is 1. The number of nitrogens with zero attached hydrogens (tertiary/aromatic N) is 2. The summed E-state index contributed by atoms with van der Waals surface area (Å²) in [5.74, 6) is 0.812. The third-order valence-corrected chi connectivity index (χ3v) is 5.46. The number of piperidine rings is 1. The lowest BCUT2D eigenvalue weighted by Gasteiger charge is -2.47. The van der Waals surface area contributed by atoms with Gasteiger partial charge in [-0.25, -0.2) is 0 Å². The summed E-state index contributed by atoms with van der Waals surface area (Å²) in [4.78, 5) is 18.3. The van der Waals surface area contributed by atoms with Crippen LogP contribution >= 0.6 is 24.0 Å². The van der Waals surface area contributed by atoms with Gasteiger partial charge >= 0.3 is 0 Å². The number of carbonyl (C=O) groups is 1. The normalized spacial score (nSPS) is 22.8. The second kappa shape index (κ2) is 8.87. The Hall–Kier alpha value is -1.31. The topological polar surface area (TPSA) is 56.7 Å². The molecule has 1 aromatic rings. The van der Waals surface area contributed by atoms with E-state index in [-0.39, 0.29) is 41.8 Å². The van der Waals surface area contributed by atoms with Crippen molar-refractivity contribution in [2.75, 3.05) is 33.7 Å². The highest BCUT2D eigenvalue weighted by Gasteiger charge is 2.40. The van der Waals surface area contributed by atoms with E-state index in [0.717, 1.165) is 25.5 Å². The van der Waals surface area contributed by atoms with Gasteiger partial charge in [0.05, 0.1) is 6.54 Å². The highest BCUT2D eigenvalue weighted by molar-refractivity contribution is 14.0. The van der Waals surface area contributed by atoms with Crippen molar-refractivity contribution in [3.05, 3.63) is 35.4 Å². The monoisotopic (exact) mass is 456 g/mol. The van der Waals surface area contributed by atoms with Crippen molar-refractivity contribution in [1.82, 2.24) is 15.5 Å². The van der Waals surface area contributed by atoms with E-state index in [1.54, 1.807) is 14.1 Å². The number of hydrogen-bond acceptors (Lipinski definition) is 2. The fourth-order valence-electron chi connectivity index (χ4n) is 4.32. The molecule has 0 aromatic heterocycles. The number of aliphatic imine (C=N–C) groups is 1. The lowest BCUT2D eigenvalue weighted by molar-refractivity contribution is -0.119. The molecule has 1 spiro atoms. The summed E-state index contributed by atoms with van der Waals surface area (Å²) in [5.41, 5.74) is 3.28. The number of nitrogens with one attached hydrogen (secondary N) is 2. The van der Waals surface area contributed by atoms with Gasteiger partial charge in [-0.2, -0.15) is 0 Å². The molecule has 1 aliphatic heterocycles. The van der Waals surface area contributed by atoms with Crippen LogP contribution < -0.4 is 10.6 Å². The van der Waals surface area contributed by atoms with Crippen molar-refractivity contribution >= 4 is 35.8 Å². The maximum Gasteiger partial charge on any atom is 0.239 e. The first-order valence-electron chi connectivity index (χ1n) is 8.93. The van der Waals surface area contributed by atoms with Gasteiger partial charge in [0.2, 0.25) is 5.91 Å². The van der Waals surface area contributed by atoms with Crippen LogP contribution in [0.15, 0.2) is 29.3 Å². The van der Waals surface area contributed by atoms with Gasteiger partial charge in [0, 0.05) is 32.6 Å². The van der Waals surface area contributed by atoms with Gasteiger partial charge in [-0.1, -0.05) is 24.3 Å². The van der Waals surface area contributed by atoms with Gasteiger partial charge in [-0.3, -0.25) is 9.79 Å². The van der Waals surface area contributed by atoms with E-state index < -0.39 is 0 Å². The number of carbonyl (C=O) groups excluding carboxylic acids is 1. The molecule has 6 heteroatoms. The highest BCUT2D eigenvalue weighted by atomic mass is 127. The molecule has 1 amide bonds. The Morgan fingerprint density at radius 2 is 2.04 bits per heavy atom. The Labute approximate surface area is 167 Å². The number of likely N-dealkylation sites (N-methyl/N-ethyl adjacent to an activating group) is 1. The number of hydrogen-bond donors (Lipinski definition) is 2. The summed E-state index contributed by atoms with van der Waals surface area (Å²) in [6, 6.07) is 8.93. The largest absolute Gasteiger partial charge is 0.358 e. The van der Waals surface area contributed by atoms with Crippen molar-refractivity contribution in [2.24, 2.45) is 4.99 Å². The maximum atomic E-state index is 11.5. The molecule has 1 unspecified atom stereocenters. The molecule has 1 saturated heterocycles. The average molecular weight is 456 g/mol. The minimum atomic E-state index is -0.0223. The molecule has 5 nitrogen and oxygen atoms in total. The smallest absolute Gasteiger partial charge is 0.239 e. The van der Waals surface area contributed by atoms with Crippen LogP contribution in [-0.4, -0.2) is 50.5 Å². The zero-order valence-electron chi connectivity index (χ0n) is 15.2. The number of likely N-dealkylation sites (tertiary alicyclic amines) is 1. The molecule has 138 valence electrons. The van der Waals surface area contributed by atoms with Crippen LogP contribution in [0.25, 0.3) is 0 Å². The van der Waals surface area contributed by atoms with Gasteiger partial charge in [0.25, 0.3) is 0 Å². The molecule has 3 rings (SSSR count). The average Bonchev–Trinajstić information content (AvgIpc) is 2.63. The molecular formula is C19H29IN4O. The van der Waals surface area contributed by atoms with E-state index in [1.807, 2.05) is 0 Å². The van der Waals surface area contributed by atoms with Crippen molar-refractivity contribution in [3.63, 3.8) is 0 Å². The van der Waals surface area contributed by atoms with Gasteiger partial charge in [0.15, 0.2) is 5.96 Å². The predicted molar refractivity (Wildman–Crippen MR) is 113 cm³/mol. The maximum absolute atomic E-state index is 11.5. The number of rotatable bonds is 2. The summed E-state index contributed by atoms with van der Waals surface area (Å²) >= 11 is 0. The zero-order chi connectivity index (χ0) is 17.0. The Morgan fingerprint density at radius 3 is 2.80 bits per heavy atom. The predicted octanol–water partition coefficient (Wildman–Crippen LogP) is 2.30. The van der Waals surface area contributed by atoms with Crippen LogP contribution in [0.1, 0.15) is 36.8 Å². The molecule has 0 radical (unpaired) electrons. The number of aryl methyl sites for hydroxylation is 1. The fraction of sp³-hybridized carbons (Fsp3) is 0.579. The summed E-state index contributed by atoms with van der Waals surface area (Å²) in [5, 5.41) is 5.84. The minimum absolute atomic E-state index is 0. The molecule has 1 aliphatic carbocycles. The second-order valence-electron chi connectivity index (χ2n) is 6.89. The lowest BCUT2D eigenvalue weighted by atomic mass is 9.66. The number of benzene rings is 1. The van der Waals surface area contributed by atoms with Gasteiger partial charge in [-0.15, -0.1) is 24.0 Å². The molecule has 1 atom stereocenters. The fourth-order valence-corrected chi connectivity index (χ4v) is 4.32. The van der Waals surface area contributed by atoms with Crippen molar-refractivity contribution in [3.8, 4) is 0 Å². The standard InChI is InChI=1S/C19H28N4O.HI/c1-20-17(24)13-22-18(21-2)23-12-6-11-19(14-23)10-5-8-15-7-3-4-9-16(15)19;/h3-4,7,9H,5-6,8,10-14H2,1-2H3,(H,20,24)(H,21,22);1H. The molecule has 1 aromatic carbocycles. The third-order valence-electron chi connectivity index (χ3n) is 5.46. The molecule has 1 heterocycles. The van der Waals surface area contributed by atoms with E-state index in [4.69, 9.17) is 0 Å². The third kappa shape index (κ3) is 4.27. The molecule has 25 heavy (non-hydrogen) atoms. The summed E-state index contributed by atoms with van der Waals surface area (Å²) in [7, 11) is 3.45. The summed E-state index contributed by atoms with van der Waals surface area (Å²) < 4.78 is 0. The molecule has 1 fully saturated rings. The SMILES string of the molecule is CN=C(NCC(=O)NC)N1CCCC2(CCCc3ccccc32)C1.I. The van der Waals surface area contributed by atoms with Crippen molar-refractivity contribution in [1.29, 1.82) is 0 Å². The van der Waals surface area contributed by atoms with E-state index in [9.17, 15) is 4.79 Å². The van der Waals surface area contributed by atoms with Crippen molar-refractivity contribution < 1.29 is 4.79 Å². The Kier molecular flexibility index (Phi) is 7.10. The highest BCUT2D eigenvalue weighted by Crippen LogP contribution is 2.43. The number of halogens is 1. The lowest BCUT2D eigenvalue weighted by Crippen LogP contribution is -2.54. The second-order valence-corrected chi connectivity index (χ2v) is 6.89. The van der Waals surface area contributed by atoms with Gasteiger partial charge in [-0.05, 0) is 43.2 Å². The quantitative estimate of drug-likeness (QED) is 0.408. The van der Waals surface area contributed by atoms with Crippen LogP contribution in [-0.2, 0) is 16.6 Å². The minimum Gasteiger partial charge on any atom is -0.358 e. The molecule has 2 N–H and O–H groups in total. The number of amides is 1. The van der Waals surface area contributed by atoms with E-state index >= 15 is 0 Å².